The van der Waals surface area contributed by atoms with E-state index in [1.54, 1.807) is 17.4 Å². The lowest BCUT2D eigenvalue weighted by molar-refractivity contribution is 0.306. The van der Waals surface area contributed by atoms with Crippen molar-refractivity contribution in [1.29, 1.82) is 0 Å². The molecule has 0 unspecified atom stereocenters. The number of rotatable bonds is 7. The first-order valence-corrected chi connectivity index (χ1v) is 8.16. The highest BCUT2D eigenvalue weighted by Crippen LogP contribution is 2.27. The van der Waals surface area contributed by atoms with Gasteiger partial charge in [-0.2, -0.15) is 0 Å². The fourth-order valence-corrected chi connectivity index (χ4v) is 2.98. The normalized spacial score (nSPS) is 10.8. The largest absolute Gasteiger partial charge is 0.487 e. The van der Waals surface area contributed by atoms with Gasteiger partial charge in [0.15, 0.2) is 0 Å². The van der Waals surface area contributed by atoms with Crippen LogP contribution in [0.2, 0.25) is 0 Å². The maximum atomic E-state index is 13.1. The van der Waals surface area contributed by atoms with Crippen LogP contribution in [0, 0.1) is 5.82 Å². The second kappa shape index (κ2) is 7.76. The van der Waals surface area contributed by atoms with Crippen molar-refractivity contribution in [2.24, 2.45) is 0 Å². The minimum Gasteiger partial charge on any atom is -0.487 e. The lowest BCUT2D eigenvalue weighted by Crippen LogP contribution is -2.12. The van der Waals surface area contributed by atoms with E-state index < -0.39 is 0 Å². The van der Waals surface area contributed by atoms with Crippen LogP contribution >= 0.6 is 27.3 Å². The summed E-state index contributed by atoms with van der Waals surface area (Å²) in [6, 6.07) is 8.60. The van der Waals surface area contributed by atoms with E-state index in [1.807, 2.05) is 0 Å². The lowest BCUT2D eigenvalue weighted by Gasteiger charge is -2.06. The average molecular weight is 358 g/mol. The van der Waals surface area contributed by atoms with Gasteiger partial charge in [0.25, 0.3) is 0 Å². The van der Waals surface area contributed by atoms with Gasteiger partial charge in [0.05, 0.1) is 4.47 Å². The van der Waals surface area contributed by atoms with Crippen LogP contribution in [-0.4, -0.2) is 6.54 Å². The molecule has 0 aliphatic rings. The Hall–Kier alpha value is -0.910. The molecule has 5 heteroatoms. The van der Waals surface area contributed by atoms with Gasteiger partial charge >= 0.3 is 0 Å². The van der Waals surface area contributed by atoms with Crippen LogP contribution in [0.3, 0.4) is 0 Å². The van der Waals surface area contributed by atoms with E-state index in [9.17, 15) is 4.39 Å². The quantitative estimate of drug-likeness (QED) is 0.723. The summed E-state index contributed by atoms with van der Waals surface area (Å²) in [6.07, 6.45) is 1.13. The molecule has 1 aromatic carbocycles. The molecule has 2 aromatic rings. The number of hydrogen-bond acceptors (Lipinski definition) is 3. The number of halogens is 2. The summed E-state index contributed by atoms with van der Waals surface area (Å²) in [5.74, 6) is 0.239. The molecule has 0 atom stereocenters. The number of nitrogens with one attached hydrogen (secondary N) is 1. The zero-order valence-electron chi connectivity index (χ0n) is 11.3. The van der Waals surface area contributed by atoms with Crippen LogP contribution in [0.15, 0.2) is 34.8 Å². The van der Waals surface area contributed by atoms with E-state index >= 15 is 0 Å². The van der Waals surface area contributed by atoms with Crippen molar-refractivity contribution in [3.8, 4) is 5.75 Å². The third-order valence-corrected chi connectivity index (χ3v) is 4.42. The summed E-state index contributed by atoms with van der Waals surface area (Å²) in [7, 11) is 0. The molecule has 2 nitrogen and oxygen atoms in total. The van der Waals surface area contributed by atoms with Crippen molar-refractivity contribution in [2.75, 3.05) is 6.54 Å². The van der Waals surface area contributed by atoms with E-state index in [0.717, 1.165) is 28.9 Å². The molecule has 0 bridgehead atoms. The summed E-state index contributed by atoms with van der Waals surface area (Å²) in [6.45, 7) is 4.53. The molecular weight excluding hydrogens is 341 g/mol. The summed E-state index contributed by atoms with van der Waals surface area (Å²) in [5, 5.41) is 3.37. The topological polar surface area (TPSA) is 21.3 Å². The molecule has 0 radical (unpaired) electrons. The van der Waals surface area contributed by atoms with Crippen molar-refractivity contribution in [3.63, 3.8) is 0 Å². The van der Waals surface area contributed by atoms with Crippen LogP contribution in [0.25, 0.3) is 0 Å². The second-order valence-corrected chi connectivity index (χ2v) is 6.52. The molecule has 2 rings (SSSR count). The standard InChI is InChI=1S/C15H17BrFNOS/c1-2-7-18-9-12-4-5-13(20-12)10-19-15-8-11(17)3-6-14(15)16/h3-6,8,18H,2,7,9-10H2,1H3. The molecule has 0 spiro atoms. The van der Waals surface area contributed by atoms with Gasteiger partial charge in [0.1, 0.15) is 18.2 Å². The van der Waals surface area contributed by atoms with Crippen LogP contribution in [0.4, 0.5) is 4.39 Å². The van der Waals surface area contributed by atoms with E-state index in [1.165, 1.54) is 17.0 Å². The summed E-state index contributed by atoms with van der Waals surface area (Å²) >= 11 is 5.07. The Balaban J connectivity index is 1.89. The fraction of sp³-hybridized carbons (Fsp3) is 0.333. The third kappa shape index (κ3) is 4.58. The Morgan fingerprint density at radius 3 is 2.85 bits per heavy atom. The second-order valence-electron chi connectivity index (χ2n) is 4.41. The molecule has 1 aromatic heterocycles. The Bertz CT molecular complexity index is 559. The van der Waals surface area contributed by atoms with Gasteiger partial charge in [-0.25, -0.2) is 4.39 Å². The SMILES string of the molecule is CCCNCc1ccc(COc2cc(F)ccc2Br)s1. The molecule has 0 aliphatic heterocycles. The maximum Gasteiger partial charge on any atom is 0.136 e. The predicted octanol–water partition coefficient (Wildman–Crippen LogP) is 4.73. The van der Waals surface area contributed by atoms with Crippen molar-refractivity contribution < 1.29 is 9.13 Å². The van der Waals surface area contributed by atoms with Gasteiger partial charge in [-0.1, -0.05) is 6.92 Å². The first kappa shape index (κ1) is 15.5. The zero-order valence-corrected chi connectivity index (χ0v) is 13.7. The number of benzene rings is 1. The highest BCUT2D eigenvalue weighted by molar-refractivity contribution is 9.10. The average Bonchev–Trinajstić information content (AvgIpc) is 2.88. The number of hydrogen-bond donors (Lipinski definition) is 1. The van der Waals surface area contributed by atoms with Gasteiger partial charge in [-0.3, -0.25) is 0 Å². The Kier molecular flexibility index (Phi) is 6.01. The van der Waals surface area contributed by atoms with Crippen LogP contribution in [0.5, 0.6) is 5.75 Å². The van der Waals surface area contributed by atoms with Crippen molar-refractivity contribution >= 4 is 27.3 Å². The van der Waals surface area contributed by atoms with Gasteiger partial charge < -0.3 is 10.1 Å². The van der Waals surface area contributed by atoms with Gasteiger partial charge in [0.2, 0.25) is 0 Å². The molecule has 20 heavy (non-hydrogen) atoms. The summed E-state index contributed by atoms with van der Waals surface area (Å²) < 4.78 is 19.6. The lowest BCUT2D eigenvalue weighted by atomic mass is 10.3. The molecule has 108 valence electrons. The van der Waals surface area contributed by atoms with E-state index in [4.69, 9.17) is 4.74 Å². The maximum absolute atomic E-state index is 13.1. The Labute approximate surface area is 131 Å². The molecular formula is C15H17BrFNOS. The molecule has 0 fully saturated rings. The molecule has 0 saturated heterocycles. The monoisotopic (exact) mass is 357 g/mol. The van der Waals surface area contributed by atoms with Crippen LogP contribution in [0.1, 0.15) is 23.1 Å². The van der Waals surface area contributed by atoms with Gasteiger partial charge in [-0.15, -0.1) is 11.3 Å². The number of ether oxygens (including phenoxy) is 1. The fourth-order valence-electron chi connectivity index (χ4n) is 1.72. The highest BCUT2D eigenvalue weighted by Gasteiger charge is 2.05. The predicted molar refractivity (Wildman–Crippen MR) is 84.7 cm³/mol. The molecule has 1 N–H and O–H groups in total. The van der Waals surface area contributed by atoms with Crippen LogP contribution in [-0.2, 0) is 13.2 Å². The smallest absolute Gasteiger partial charge is 0.136 e. The molecule has 0 aliphatic carbocycles. The first-order valence-electron chi connectivity index (χ1n) is 6.55. The molecule has 1 heterocycles. The molecule has 0 saturated carbocycles. The Morgan fingerprint density at radius 1 is 1.25 bits per heavy atom. The van der Waals surface area contributed by atoms with Gasteiger partial charge in [0, 0.05) is 22.4 Å². The van der Waals surface area contributed by atoms with Crippen molar-refractivity contribution in [3.05, 3.63) is 50.4 Å². The summed E-state index contributed by atoms with van der Waals surface area (Å²) in [5.41, 5.74) is 0. The van der Waals surface area contributed by atoms with Gasteiger partial charge in [-0.05, 0) is 53.2 Å². The van der Waals surface area contributed by atoms with E-state index in [-0.39, 0.29) is 5.82 Å². The van der Waals surface area contributed by atoms with E-state index in [0.29, 0.717) is 12.4 Å². The molecule has 0 amide bonds. The highest BCUT2D eigenvalue weighted by atomic mass is 79.9. The summed E-state index contributed by atoms with van der Waals surface area (Å²) in [4.78, 5) is 2.42. The minimum atomic E-state index is -0.293. The van der Waals surface area contributed by atoms with Crippen LogP contribution < -0.4 is 10.1 Å². The van der Waals surface area contributed by atoms with Crippen molar-refractivity contribution in [2.45, 2.75) is 26.5 Å². The van der Waals surface area contributed by atoms with E-state index in [2.05, 4.69) is 40.3 Å². The third-order valence-electron chi connectivity index (χ3n) is 2.71. The first-order chi connectivity index (χ1) is 9.69. The van der Waals surface area contributed by atoms with Crippen molar-refractivity contribution in [1.82, 2.24) is 5.32 Å². The Morgan fingerprint density at radius 2 is 2.05 bits per heavy atom. The minimum absolute atomic E-state index is 0.293. The number of thiophene rings is 1. The zero-order chi connectivity index (χ0) is 14.4.